The number of carbonyl (C=O) groups excluding carboxylic acids is 1. The Morgan fingerprint density at radius 1 is 1.67 bits per heavy atom. The molecule has 0 radical (unpaired) electrons. The lowest BCUT2D eigenvalue weighted by atomic mass is 10.2. The van der Waals surface area contributed by atoms with Gasteiger partial charge in [0.2, 0.25) is 0 Å². The second-order valence-corrected chi connectivity index (χ2v) is 2.04. The van der Waals surface area contributed by atoms with Crippen LogP contribution in [0.2, 0.25) is 0 Å². The molecule has 0 rings (SSSR count). The second-order valence-electron chi connectivity index (χ2n) is 1.77. The van der Waals surface area contributed by atoms with Gasteiger partial charge in [-0.3, -0.25) is 4.79 Å². The lowest BCUT2D eigenvalue weighted by molar-refractivity contribution is -0.117. The first-order valence-electron chi connectivity index (χ1n) is 2.88. The first kappa shape index (κ1) is 8.92. The van der Waals surface area contributed by atoms with Crippen LogP contribution in [-0.2, 0) is 9.53 Å². The Hall–Kier alpha value is -0.0800. The summed E-state index contributed by atoms with van der Waals surface area (Å²) in [6.07, 6.45) is 1.32. The van der Waals surface area contributed by atoms with Crippen molar-refractivity contribution in [1.82, 2.24) is 0 Å². The Balaban J connectivity index is 2.97. The molecule has 0 saturated carbocycles. The number of ketones is 1. The fourth-order valence-corrected chi connectivity index (χ4v) is 0.614. The highest BCUT2D eigenvalue weighted by Gasteiger charge is 1.96. The van der Waals surface area contributed by atoms with Crippen LogP contribution in [0.25, 0.3) is 0 Å². The van der Waals surface area contributed by atoms with Crippen molar-refractivity contribution in [3.63, 3.8) is 0 Å². The third-order valence-electron chi connectivity index (χ3n) is 0.953. The molecule has 0 fully saturated rings. The van der Waals surface area contributed by atoms with Gasteiger partial charge in [0.1, 0.15) is 5.78 Å². The first-order chi connectivity index (χ1) is 4.31. The lowest BCUT2D eigenvalue weighted by Gasteiger charge is -1.94. The van der Waals surface area contributed by atoms with Gasteiger partial charge in [0, 0.05) is 20.1 Å². The van der Waals surface area contributed by atoms with E-state index in [1.54, 1.807) is 7.11 Å². The van der Waals surface area contributed by atoms with Gasteiger partial charge in [0.05, 0.1) is 5.88 Å². The minimum atomic E-state index is 0.0914. The van der Waals surface area contributed by atoms with Crippen LogP contribution < -0.4 is 0 Å². The molecule has 3 heteroatoms. The predicted octanol–water partition coefficient (Wildman–Crippen LogP) is 1.22. The van der Waals surface area contributed by atoms with Gasteiger partial charge in [0.15, 0.2) is 0 Å². The molecular formula is C6H11ClO2. The number of alkyl halides is 1. The summed E-state index contributed by atoms with van der Waals surface area (Å²) in [5, 5.41) is 0. The van der Waals surface area contributed by atoms with Gasteiger partial charge < -0.3 is 4.74 Å². The van der Waals surface area contributed by atoms with Crippen molar-refractivity contribution >= 4 is 17.4 Å². The van der Waals surface area contributed by atoms with E-state index < -0.39 is 0 Å². The van der Waals surface area contributed by atoms with E-state index in [4.69, 9.17) is 16.3 Å². The van der Waals surface area contributed by atoms with E-state index in [-0.39, 0.29) is 11.7 Å². The number of methoxy groups -OCH3 is 1. The molecule has 0 aromatic carbocycles. The van der Waals surface area contributed by atoms with Crippen LogP contribution in [0.3, 0.4) is 0 Å². The highest BCUT2D eigenvalue weighted by molar-refractivity contribution is 6.27. The topological polar surface area (TPSA) is 26.3 Å². The molecule has 0 bridgehead atoms. The summed E-state index contributed by atoms with van der Waals surface area (Å²) in [5.74, 6) is 0.220. The molecule has 2 nitrogen and oxygen atoms in total. The Morgan fingerprint density at radius 2 is 2.33 bits per heavy atom. The van der Waals surface area contributed by atoms with E-state index in [1.807, 2.05) is 0 Å². The highest BCUT2D eigenvalue weighted by Crippen LogP contribution is 1.92. The zero-order valence-corrected chi connectivity index (χ0v) is 6.28. The van der Waals surface area contributed by atoms with Crippen molar-refractivity contribution in [2.45, 2.75) is 12.8 Å². The Bertz CT molecular complexity index is 83.1. The molecule has 0 unspecified atom stereocenters. The summed E-state index contributed by atoms with van der Waals surface area (Å²) in [5.41, 5.74) is 0. The number of ether oxygens (including phenoxy) is 1. The smallest absolute Gasteiger partial charge is 0.147 e. The largest absolute Gasteiger partial charge is 0.385 e. The molecule has 0 aromatic heterocycles. The average molecular weight is 151 g/mol. The van der Waals surface area contributed by atoms with Gasteiger partial charge in [-0.05, 0) is 6.42 Å². The van der Waals surface area contributed by atoms with Gasteiger partial charge in [-0.1, -0.05) is 0 Å². The van der Waals surface area contributed by atoms with Crippen molar-refractivity contribution in [2.24, 2.45) is 0 Å². The summed E-state index contributed by atoms with van der Waals surface area (Å²) in [4.78, 5) is 10.5. The van der Waals surface area contributed by atoms with Crippen molar-refractivity contribution in [3.05, 3.63) is 0 Å². The highest BCUT2D eigenvalue weighted by atomic mass is 35.5. The zero-order chi connectivity index (χ0) is 7.11. The summed E-state index contributed by atoms with van der Waals surface area (Å²) >= 11 is 5.24. The third-order valence-corrected chi connectivity index (χ3v) is 1.25. The first-order valence-corrected chi connectivity index (χ1v) is 3.41. The minimum absolute atomic E-state index is 0.0914. The van der Waals surface area contributed by atoms with Gasteiger partial charge >= 0.3 is 0 Å². The van der Waals surface area contributed by atoms with Gasteiger partial charge in [-0.2, -0.15) is 0 Å². The van der Waals surface area contributed by atoms with Crippen molar-refractivity contribution in [3.8, 4) is 0 Å². The van der Waals surface area contributed by atoms with Crippen LogP contribution in [0.15, 0.2) is 0 Å². The summed E-state index contributed by atoms with van der Waals surface area (Å²) < 4.78 is 4.74. The van der Waals surface area contributed by atoms with E-state index in [2.05, 4.69) is 0 Å². The van der Waals surface area contributed by atoms with Crippen LogP contribution in [0.1, 0.15) is 12.8 Å². The molecule has 0 N–H and O–H groups in total. The molecule has 0 aliphatic rings. The molecule has 0 amide bonds. The normalized spacial score (nSPS) is 9.56. The van der Waals surface area contributed by atoms with Crippen molar-refractivity contribution < 1.29 is 9.53 Å². The van der Waals surface area contributed by atoms with E-state index >= 15 is 0 Å². The molecule has 0 spiro atoms. The maximum absolute atomic E-state index is 10.5. The van der Waals surface area contributed by atoms with Crippen molar-refractivity contribution in [2.75, 3.05) is 19.6 Å². The number of carbonyl (C=O) groups is 1. The fourth-order valence-electron chi connectivity index (χ4n) is 0.480. The van der Waals surface area contributed by atoms with E-state index in [0.29, 0.717) is 13.0 Å². The van der Waals surface area contributed by atoms with Gasteiger partial charge in [0.25, 0.3) is 0 Å². The molecule has 0 heterocycles. The van der Waals surface area contributed by atoms with Crippen LogP contribution in [-0.4, -0.2) is 25.4 Å². The Kier molecular flexibility index (Phi) is 5.99. The predicted molar refractivity (Wildman–Crippen MR) is 36.8 cm³/mol. The molecule has 0 saturated heterocycles. The minimum Gasteiger partial charge on any atom is -0.385 e. The zero-order valence-electron chi connectivity index (χ0n) is 5.52. The van der Waals surface area contributed by atoms with Gasteiger partial charge in [-0.25, -0.2) is 0 Å². The van der Waals surface area contributed by atoms with Crippen LogP contribution in [0.4, 0.5) is 0 Å². The maximum atomic E-state index is 10.5. The van der Waals surface area contributed by atoms with Crippen LogP contribution >= 0.6 is 11.6 Å². The summed E-state index contributed by atoms with van der Waals surface area (Å²) in [6.45, 7) is 0.641. The van der Waals surface area contributed by atoms with E-state index in [0.717, 1.165) is 6.42 Å². The summed E-state index contributed by atoms with van der Waals surface area (Å²) in [7, 11) is 1.62. The molecule has 54 valence electrons. The van der Waals surface area contributed by atoms with Crippen LogP contribution in [0, 0.1) is 0 Å². The van der Waals surface area contributed by atoms with Crippen LogP contribution in [0.5, 0.6) is 0 Å². The number of halogens is 1. The Labute approximate surface area is 60.1 Å². The summed E-state index contributed by atoms with van der Waals surface area (Å²) in [6, 6.07) is 0. The average Bonchev–Trinajstić information content (AvgIpc) is 1.89. The quantitative estimate of drug-likeness (QED) is 0.435. The molecule has 0 aliphatic heterocycles. The van der Waals surface area contributed by atoms with E-state index in [1.165, 1.54) is 0 Å². The van der Waals surface area contributed by atoms with E-state index in [9.17, 15) is 4.79 Å². The third kappa shape index (κ3) is 5.80. The molecule has 0 aromatic rings. The standard InChI is InChI=1S/C6H11ClO2/c1-9-4-2-3-6(8)5-7/h2-5H2,1H3. The Morgan fingerprint density at radius 3 is 2.78 bits per heavy atom. The molecular weight excluding hydrogens is 140 g/mol. The monoisotopic (exact) mass is 150 g/mol. The number of Topliss-reactive ketones (excluding diaryl/α,β-unsaturated/α-hetero) is 1. The number of hydrogen-bond donors (Lipinski definition) is 0. The molecule has 0 atom stereocenters. The van der Waals surface area contributed by atoms with Gasteiger partial charge in [-0.15, -0.1) is 11.6 Å². The molecule has 0 aliphatic carbocycles. The molecule has 9 heavy (non-hydrogen) atoms. The second kappa shape index (κ2) is 6.05. The fraction of sp³-hybridized carbons (Fsp3) is 0.833. The van der Waals surface area contributed by atoms with Crippen molar-refractivity contribution in [1.29, 1.82) is 0 Å². The number of rotatable bonds is 5. The maximum Gasteiger partial charge on any atom is 0.147 e. The number of hydrogen-bond acceptors (Lipinski definition) is 2. The lowest BCUT2D eigenvalue weighted by Crippen LogP contribution is -2.00. The SMILES string of the molecule is COCCCC(=O)CCl.